The largest absolute Gasteiger partial charge is 0.481 e. The van der Waals surface area contributed by atoms with Crippen LogP contribution in [0.1, 0.15) is 20.8 Å². The third kappa shape index (κ3) is 2040. The van der Waals surface area contributed by atoms with Crippen LogP contribution in [-0.2, 0) is 40.2 Å². The van der Waals surface area contributed by atoms with Crippen molar-refractivity contribution in [2.75, 3.05) is 0 Å². The van der Waals surface area contributed by atoms with Crippen molar-refractivity contribution in [3.63, 3.8) is 0 Å². The molecule has 0 heterocycles. The maximum atomic E-state index is 9.00. The third-order valence-electron chi connectivity index (χ3n) is 0. The second-order valence-electron chi connectivity index (χ2n) is 1.56. The van der Waals surface area contributed by atoms with E-state index in [0.717, 1.165) is 20.8 Å². The van der Waals surface area contributed by atoms with Crippen molar-refractivity contribution >= 4 is 17.9 Å². The van der Waals surface area contributed by atoms with E-state index in [1.165, 1.54) is 0 Å². The summed E-state index contributed by atoms with van der Waals surface area (Å²) in [5.41, 5.74) is 0. The second kappa shape index (κ2) is 22.8. The van der Waals surface area contributed by atoms with Gasteiger partial charge in [-0.1, -0.05) is 0 Å². The van der Waals surface area contributed by atoms with Gasteiger partial charge in [0.1, 0.15) is 0 Å². The molecule has 0 atom stereocenters. The standard InChI is InChI=1S/3C2H4O2.H2O.Sc/c3*1-2(3)4;;/h3*1H3,(H,3,4);1H2;. The molecule has 83 valence electrons. The van der Waals surface area contributed by atoms with E-state index in [9.17, 15) is 0 Å². The minimum absolute atomic E-state index is 0. The maximum Gasteiger partial charge on any atom is 0.300 e. The minimum Gasteiger partial charge on any atom is -0.481 e. The summed E-state index contributed by atoms with van der Waals surface area (Å²) in [6, 6.07) is 0. The van der Waals surface area contributed by atoms with Crippen molar-refractivity contribution in [3.8, 4) is 0 Å². The molecule has 0 rings (SSSR count). The number of carbonyl (C=O) groups is 3. The number of carboxylic acids is 3. The van der Waals surface area contributed by atoms with Gasteiger partial charge >= 0.3 is 0 Å². The molecule has 0 unspecified atom stereocenters. The summed E-state index contributed by atoms with van der Waals surface area (Å²) in [5.74, 6) is -2.50. The van der Waals surface area contributed by atoms with Gasteiger partial charge in [0.25, 0.3) is 17.9 Å². The molecule has 0 spiro atoms. The smallest absolute Gasteiger partial charge is 0.300 e. The van der Waals surface area contributed by atoms with Crippen LogP contribution < -0.4 is 0 Å². The first kappa shape index (κ1) is 29.2. The van der Waals surface area contributed by atoms with Crippen LogP contribution in [0.25, 0.3) is 0 Å². The molecule has 0 aromatic heterocycles. The van der Waals surface area contributed by atoms with E-state index in [0.29, 0.717) is 0 Å². The molecule has 5 N–H and O–H groups in total. The van der Waals surface area contributed by atoms with Crippen LogP contribution in [0, 0.1) is 0 Å². The van der Waals surface area contributed by atoms with Crippen molar-refractivity contribution in [3.05, 3.63) is 0 Å². The van der Waals surface area contributed by atoms with Gasteiger partial charge in [-0.3, -0.25) is 14.4 Å². The van der Waals surface area contributed by atoms with E-state index >= 15 is 0 Å². The van der Waals surface area contributed by atoms with E-state index in [1.54, 1.807) is 0 Å². The molecule has 0 bridgehead atoms. The van der Waals surface area contributed by atoms with Crippen molar-refractivity contribution in [2.45, 2.75) is 20.8 Å². The fourth-order valence-corrected chi connectivity index (χ4v) is 0. The summed E-state index contributed by atoms with van der Waals surface area (Å²) < 4.78 is 0. The molecule has 0 aliphatic rings. The average molecular weight is 243 g/mol. The van der Waals surface area contributed by atoms with Gasteiger partial charge in [0, 0.05) is 46.6 Å². The molecule has 0 aromatic carbocycles. The van der Waals surface area contributed by atoms with Gasteiger partial charge in [-0.05, 0) is 0 Å². The van der Waals surface area contributed by atoms with Gasteiger partial charge in [-0.15, -0.1) is 0 Å². The van der Waals surface area contributed by atoms with Crippen LogP contribution in [0.4, 0.5) is 0 Å². The van der Waals surface area contributed by atoms with Crippen LogP contribution in [-0.4, -0.2) is 38.7 Å². The molecular weight excluding hydrogens is 229 g/mol. The fourth-order valence-electron chi connectivity index (χ4n) is 0. The van der Waals surface area contributed by atoms with Crippen molar-refractivity contribution in [2.24, 2.45) is 0 Å². The summed E-state index contributed by atoms with van der Waals surface area (Å²) in [6.45, 7) is 3.25. The summed E-state index contributed by atoms with van der Waals surface area (Å²) >= 11 is 0. The summed E-state index contributed by atoms with van der Waals surface area (Å²) in [5, 5.41) is 22.2. The first-order chi connectivity index (χ1) is 5.20. The third-order valence-corrected chi connectivity index (χ3v) is 0. The Morgan fingerprint density at radius 3 is 0.714 bits per heavy atom. The Bertz CT molecular complexity index is 116. The van der Waals surface area contributed by atoms with Gasteiger partial charge < -0.3 is 20.8 Å². The molecule has 0 aliphatic carbocycles. The molecule has 0 aliphatic heterocycles. The predicted molar refractivity (Wildman–Crippen MR) is 43.5 cm³/mol. The average Bonchev–Trinajstić information content (AvgIpc) is 1.54. The number of carboxylic acid groups (broad SMARTS) is 3. The number of hydrogen-bond acceptors (Lipinski definition) is 3. The Morgan fingerprint density at radius 2 is 0.714 bits per heavy atom. The van der Waals surface area contributed by atoms with Crippen LogP contribution in [0.3, 0.4) is 0 Å². The maximum absolute atomic E-state index is 9.00. The Balaban J connectivity index is -0.0000000270. The Hall–Kier alpha value is -0.760. The van der Waals surface area contributed by atoms with Gasteiger partial charge in [-0.2, -0.15) is 0 Å². The van der Waals surface area contributed by atoms with Crippen LogP contribution in [0.2, 0.25) is 0 Å². The summed E-state index contributed by atoms with van der Waals surface area (Å²) in [6.07, 6.45) is 0. The summed E-state index contributed by atoms with van der Waals surface area (Å²) in [7, 11) is 0. The molecular formula is C6H14O7Sc. The zero-order valence-electron chi connectivity index (χ0n) is 8.14. The SMILES string of the molecule is CC(=O)O.CC(=O)O.CC(=O)O.O.[Sc]. The van der Waals surface area contributed by atoms with Crippen LogP contribution in [0.15, 0.2) is 0 Å². The van der Waals surface area contributed by atoms with Gasteiger partial charge in [0.15, 0.2) is 0 Å². The molecule has 0 saturated carbocycles. The van der Waals surface area contributed by atoms with Gasteiger partial charge in [0.2, 0.25) is 0 Å². The normalized spacial score (nSPS) is 5.36. The number of rotatable bonds is 0. The molecule has 0 aromatic rings. The van der Waals surface area contributed by atoms with Crippen molar-refractivity contribution in [1.82, 2.24) is 0 Å². The Morgan fingerprint density at radius 1 is 0.714 bits per heavy atom. The number of hydrogen-bond donors (Lipinski definition) is 3. The number of aliphatic carboxylic acids is 3. The summed E-state index contributed by atoms with van der Waals surface area (Å²) in [4.78, 5) is 27.0. The molecule has 0 saturated heterocycles. The Kier molecular flexibility index (Phi) is 47.5. The molecule has 0 fully saturated rings. The molecule has 14 heavy (non-hydrogen) atoms. The first-order valence-electron chi connectivity index (χ1n) is 2.78. The first-order valence-corrected chi connectivity index (χ1v) is 2.78. The second-order valence-corrected chi connectivity index (χ2v) is 1.56. The van der Waals surface area contributed by atoms with E-state index in [-0.39, 0.29) is 31.3 Å². The zero-order valence-corrected chi connectivity index (χ0v) is 9.95. The van der Waals surface area contributed by atoms with E-state index in [2.05, 4.69) is 0 Å². The van der Waals surface area contributed by atoms with E-state index < -0.39 is 17.9 Å². The van der Waals surface area contributed by atoms with E-state index in [4.69, 9.17) is 29.7 Å². The molecule has 0 amide bonds. The van der Waals surface area contributed by atoms with Crippen LogP contribution >= 0.6 is 0 Å². The van der Waals surface area contributed by atoms with E-state index in [1.807, 2.05) is 0 Å². The van der Waals surface area contributed by atoms with Crippen molar-refractivity contribution in [1.29, 1.82) is 0 Å². The quantitative estimate of drug-likeness (QED) is 0.520. The monoisotopic (exact) mass is 243 g/mol. The van der Waals surface area contributed by atoms with Gasteiger partial charge in [-0.25, -0.2) is 0 Å². The predicted octanol–water partition coefficient (Wildman–Crippen LogP) is -0.555. The topological polar surface area (TPSA) is 143 Å². The van der Waals surface area contributed by atoms with Crippen molar-refractivity contribution < 1.29 is 61.0 Å². The minimum atomic E-state index is -0.833. The molecule has 7 nitrogen and oxygen atoms in total. The molecule has 1 radical (unpaired) electrons. The van der Waals surface area contributed by atoms with Crippen LogP contribution in [0.5, 0.6) is 0 Å². The zero-order chi connectivity index (χ0) is 10.7. The fraction of sp³-hybridized carbons (Fsp3) is 0.500. The van der Waals surface area contributed by atoms with Gasteiger partial charge in [0.05, 0.1) is 0 Å². The molecule has 8 heteroatoms. The Labute approximate surface area is 99.8 Å².